The second-order valence-corrected chi connectivity index (χ2v) is 6.71. The third-order valence-electron chi connectivity index (χ3n) is 4.53. The van der Waals surface area contributed by atoms with Crippen LogP contribution in [0.3, 0.4) is 0 Å². The molecule has 134 valence electrons. The Kier molecular flexibility index (Phi) is 3.88. The number of rotatable bonds is 4. The van der Waals surface area contributed by atoms with Crippen molar-refractivity contribution in [1.82, 2.24) is 15.0 Å². The minimum Gasteiger partial charge on any atom is -0.438 e. The van der Waals surface area contributed by atoms with Gasteiger partial charge in [0, 0.05) is 18.9 Å². The highest BCUT2D eigenvalue weighted by molar-refractivity contribution is 5.95. The van der Waals surface area contributed by atoms with Gasteiger partial charge in [-0.25, -0.2) is 9.78 Å². The van der Waals surface area contributed by atoms with Gasteiger partial charge >= 0.3 is 6.09 Å². The summed E-state index contributed by atoms with van der Waals surface area (Å²) < 4.78 is 10.8. The zero-order valence-corrected chi connectivity index (χ0v) is 14.9. The number of amides is 1. The number of ether oxygens (including phenoxy) is 2. The van der Waals surface area contributed by atoms with Gasteiger partial charge in [0.2, 0.25) is 0 Å². The molecule has 0 aliphatic carbocycles. The first-order valence-electron chi connectivity index (χ1n) is 8.45. The zero-order chi connectivity index (χ0) is 18.3. The average molecular weight is 352 g/mol. The molecule has 0 fully saturated rings. The van der Waals surface area contributed by atoms with E-state index in [0.717, 1.165) is 28.0 Å². The van der Waals surface area contributed by atoms with E-state index in [0.29, 0.717) is 19.0 Å². The van der Waals surface area contributed by atoms with E-state index in [2.05, 4.69) is 15.0 Å². The fourth-order valence-electron chi connectivity index (χ4n) is 3.20. The third kappa shape index (κ3) is 2.70. The predicted molar refractivity (Wildman–Crippen MR) is 98.1 cm³/mol. The number of carbonyl (C=O) groups is 1. The second-order valence-electron chi connectivity index (χ2n) is 6.71. The van der Waals surface area contributed by atoms with Crippen LogP contribution in [0.4, 0.5) is 10.5 Å². The lowest BCUT2D eigenvalue weighted by atomic mass is 9.93. The van der Waals surface area contributed by atoms with Crippen LogP contribution in [-0.2, 0) is 15.1 Å². The Bertz CT molecular complexity index is 966. The normalized spacial score (nSPS) is 15.8. The van der Waals surface area contributed by atoms with E-state index in [1.807, 2.05) is 44.2 Å². The highest BCUT2D eigenvalue weighted by Gasteiger charge is 2.38. The van der Waals surface area contributed by atoms with Crippen LogP contribution in [-0.4, -0.2) is 41.3 Å². The summed E-state index contributed by atoms with van der Waals surface area (Å²) in [7, 11) is 1.61. The number of fused-ring (bicyclic) bond motifs is 2. The van der Waals surface area contributed by atoms with Gasteiger partial charge in [0.15, 0.2) is 5.82 Å². The maximum Gasteiger partial charge on any atom is 0.415 e. The molecule has 7 nitrogen and oxygen atoms in total. The van der Waals surface area contributed by atoms with E-state index in [1.165, 1.54) is 0 Å². The van der Waals surface area contributed by atoms with Gasteiger partial charge < -0.3 is 14.5 Å². The second kappa shape index (κ2) is 6.10. The number of pyridine rings is 1. The van der Waals surface area contributed by atoms with E-state index in [4.69, 9.17) is 9.47 Å². The van der Waals surface area contributed by atoms with E-state index in [-0.39, 0.29) is 6.09 Å². The number of cyclic esters (lactones) is 1. The molecular formula is C19H20N4O3. The molecule has 0 atom stereocenters. The lowest BCUT2D eigenvalue weighted by Gasteiger charge is -2.38. The summed E-state index contributed by atoms with van der Waals surface area (Å²) in [5.41, 5.74) is 3.43. The molecular weight excluding hydrogens is 332 g/mol. The summed E-state index contributed by atoms with van der Waals surface area (Å²) >= 11 is 0. The number of nitrogens with one attached hydrogen (secondary N) is 1. The standard InChI is InChI=1S/C19H20N4O3/c1-19(2)12-10-14-15(22-17(21-14)13-6-4-5-7-20-13)11-16(12)23(8-9-25-3)18(24)26-19/h4-7,10-11H,8-9H2,1-3H3,(H,21,22). The molecule has 1 amide bonds. The Balaban J connectivity index is 1.86. The van der Waals surface area contributed by atoms with E-state index in [1.54, 1.807) is 18.2 Å². The molecule has 0 radical (unpaired) electrons. The van der Waals surface area contributed by atoms with Crippen molar-refractivity contribution < 1.29 is 14.3 Å². The summed E-state index contributed by atoms with van der Waals surface area (Å²) in [5, 5.41) is 0. The molecule has 4 rings (SSSR count). The Morgan fingerprint density at radius 3 is 2.88 bits per heavy atom. The van der Waals surface area contributed by atoms with Gasteiger partial charge in [-0.1, -0.05) is 6.07 Å². The van der Waals surface area contributed by atoms with Crippen LogP contribution >= 0.6 is 0 Å². The van der Waals surface area contributed by atoms with Gasteiger partial charge in [-0.3, -0.25) is 9.88 Å². The fraction of sp³-hybridized carbons (Fsp3) is 0.316. The van der Waals surface area contributed by atoms with Gasteiger partial charge in [-0.2, -0.15) is 0 Å². The number of H-pyrrole nitrogens is 1. The van der Waals surface area contributed by atoms with Crippen molar-refractivity contribution >= 4 is 22.8 Å². The van der Waals surface area contributed by atoms with Crippen LogP contribution in [0, 0.1) is 0 Å². The first-order chi connectivity index (χ1) is 12.5. The fourth-order valence-corrected chi connectivity index (χ4v) is 3.20. The van der Waals surface area contributed by atoms with E-state index >= 15 is 0 Å². The predicted octanol–water partition coefficient (Wildman–Crippen LogP) is 3.46. The van der Waals surface area contributed by atoms with Gasteiger partial charge in [-0.05, 0) is 38.1 Å². The Hall–Kier alpha value is -2.93. The molecule has 0 saturated carbocycles. The maximum atomic E-state index is 12.5. The van der Waals surface area contributed by atoms with E-state index in [9.17, 15) is 4.79 Å². The Morgan fingerprint density at radius 2 is 2.15 bits per heavy atom. The number of methoxy groups -OCH3 is 1. The van der Waals surface area contributed by atoms with Crippen molar-refractivity contribution in [3.05, 3.63) is 42.1 Å². The van der Waals surface area contributed by atoms with Crippen molar-refractivity contribution in [1.29, 1.82) is 0 Å². The largest absolute Gasteiger partial charge is 0.438 e. The summed E-state index contributed by atoms with van der Waals surface area (Å²) in [6, 6.07) is 9.60. The molecule has 0 saturated heterocycles. The van der Waals surface area contributed by atoms with Crippen molar-refractivity contribution in [2.24, 2.45) is 0 Å². The quantitative estimate of drug-likeness (QED) is 0.778. The molecule has 0 spiro atoms. The highest BCUT2D eigenvalue weighted by Crippen LogP contribution is 2.40. The van der Waals surface area contributed by atoms with Crippen LogP contribution in [0.1, 0.15) is 19.4 Å². The first-order valence-corrected chi connectivity index (χ1v) is 8.45. The molecule has 0 bridgehead atoms. The SMILES string of the molecule is COCCN1C(=O)OC(C)(C)c2cc3[nH]c(-c4ccccn4)nc3cc21. The van der Waals surface area contributed by atoms with Crippen LogP contribution in [0.2, 0.25) is 0 Å². The van der Waals surface area contributed by atoms with Crippen molar-refractivity contribution in [2.45, 2.75) is 19.4 Å². The van der Waals surface area contributed by atoms with Gasteiger partial charge in [-0.15, -0.1) is 0 Å². The minimum absolute atomic E-state index is 0.376. The Morgan fingerprint density at radius 1 is 1.31 bits per heavy atom. The van der Waals surface area contributed by atoms with Gasteiger partial charge in [0.1, 0.15) is 11.3 Å². The average Bonchev–Trinajstić information content (AvgIpc) is 3.04. The van der Waals surface area contributed by atoms with Crippen LogP contribution in [0.25, 0.3) is 22.6 Å². The summed E-state index contributed by atoms with van der Waals surface area (Å²) in [6.07, 6.45) is 1.36. The number of aromatic nitrogens is 3. The van der Waals surface area contributed by atoms with Gasteiger partial charge in [0.05, 0.1) is 29.9 Å². The molecule has 1 aliphatic heterocycles. The molecule has 0 unspecified atom stereocenters. The maximum absolute atomic E-state index is 12.5. The number of anilines is 1. The zero-order valence-electron chi connectivity index (χ0n) is 14.9. The Labute approximate surface area is 151 Å². The van der Waals surface area contributed by atoms with Crippen molar-refractivity contribution in [2.75, 3.05) is 25.2 Å². The molecule has 7 heteroatoms. The lowest BCUT2D eigenvalue weighted by Crippen LogP contribution is -2.44. The van der Waals surface area contributed by atoms with E-state index < -0.39 is 5.60 Å². The number of carbonyl (C=O) groups excluding carboxylic acids is 1. The molecule has 2 aromatic heterocycles. The first kappa shape index (κ1) is 16.5. The number of nitrogens with zero attached hydrogens (tertiary/aromatic N) is 3. The smallest absolute Gasteiger partial charge is 0.415 e. The number of benzene rings is 1. The van der Waals surface area contributed by atoms with Crippen LogP contribution < -0.4 is 4.90 Å². The molecule has 3 heterocycles. The third-order valence-corrected chi connectivity index (χ3v) is 4.53. The number of imidazole rings is 1. The van der Waals surface area contributed by atoms with Crippen molar-refractivity contribution in [3.8, 4) is 11.5 Å². The highest BCUT2D eigenvalue weighted by atomic mass is 16.6. The summed E-state index contributed by atoms with van der Waals surface area (Å²) in [6.45, 7) is 4.62. The molecule has 1 N–H and O–H groups in total. The number of hydrogen-bond donors (Lipinski definition) is 1. The number of hydrogen-bond acceptors (Lipinski definition) is 5. The molecule has 26 heavy (non-hydrogen) atoms. The van der Waals surface area contributed by atoms with Crippen LogP contribution in [0.15, 0.2) is 36.5 Å². The van der Waals surface area contributed by atoms with Crippen LogP contribution in [0.5, 0.6) is 0 Å². The molecule has 3 aromatic rings. The summed E-state index contributed by atoms with van der Waals surface area (Å²) in [4.78, 5) is 26.3. The summed E-state index contributed by atoms with van der Waals surface area (Å²) in [5.74, 6) is 0.691. The minimum atomic E-state index is -0.722. The lowest BCUT2D eigenvalue weighted by molar-refractivity contribution is 0.0340. The number of aromatic amines is 1. The molecule has 1 aliphatic rings. The monoisotopic (exact) mass is 352 g/mol. The topological polar surface area (TPSA) is 80.3 Å². The van der Waals surface area contributed by atoms with Gasteiger partial charge in [0.25, 0.3) is 0 Å². The molecule has 1 aromatic carbocycles. The van der Waals surface area contributed by atoms with Crippen molar-refractivity contribution in [3.63, 3.8) is 0 Å².